The lowest BCUT2D eigenvalue weighted by molar-refractivity contribution is 0.154. The Hall–Kier alpha value is -3.08. The van der Waals surface area contributed by atoms with Crippen LogP contribution in [0.4, 0.5) is 4.39 Å². The maximum atomic E-state index is 13.4. The highest BCUT2D eigenvalue weighted by molar-refractivity contribution is 5.95. The number of hydrogen-bond acceptors (Lipinski definition) is 3. The molecule has 1 aliphatic heterocycles. The topological polar surface area (TPSA) is 28.2 Å². The van der Waals surface area contributed by atoms with E-state index in [1.165, 1.54) is 22.1 Å². The summed E-state index contributed by atoms with van der Waals surface area (Å²) < 4.78 is 13.4. The molecule has 0 bridgehead atoms. The van der Waals surface area contributed by atoms with Crippen LogP contribution in [0.25, 0.3) is 22.0 Å². The molecule has 0 saturated carbocycles. The molecule has 150 valence electrons. The van der Waals surface area contributed by atoms with Crippen molar-refractivity contribution in [3.05, 3.63) is 102 Å². The van der Waals surface area contributed by atoms with E-state index in [-0.39, 0.29) is 11.9 Å². The summed E-state index contributed by atoms with van der Waals surface area (Å²) in [7, 11) is 0. The SMILES string of the molecule is Fc1ccc([C@@H]2CNCCN2Cc2ccccc2-c2cccc3ncccc23)cc1. The minimum atomic E-state index is -0.191. The summed E-state index contributed by atoms with van der Waals surface area (Å²) in [5.74, 6) is -0.191. The van der Waals surface area contributed by atoms with Gasteiger partial charge >= 0.3 is 0 Å². The molecular formula is C26H24FN3. The Morgan fingerprint density at radius 2 is 1.73 bits per heavy atom. The van der Waals surface area contributed by atoms with Crippen LogP contribution in [0.5, 0.6) is 0 Å². The van der Waals surface area contributed by atoms with Gasteiger partial charge in [-0.1, -0.05) is 54.6 Å². The third-order valence-electron chi connectivity index (χ3n) is 5.94. The van der Waals surface area contributed by atoms with Crippen molar-refractivity contribution in [2.75, 3.05) is 19.6 Å². The van der Waals surface area contributed by atoms with Crippen molar-refractivity contribution < 1.29 is 4.39 Å². The van der Waals surface area contributed by atoms with Crippen LogP contribution in [0.2, 0.25) is 0 Å². The molecule has 4 heteroatoms. The zero-order valence-corrected chi connectivity index (χ0v) is 16.8. The normalized spacial score (nSPS) is 17.3. The van der Waals surface area contributed by atoms with E-state index in [0.717, 1.165) is 37.3 Å². The van der Waals surface area contributed by atoms with Gasteiger partial charge in [0.2, 0.25) is 0 Å². The third kappa shape index (κ3) is 3.72. The number of rotatable bonds is 4. The molecule has 0 radical (unpaired) electrons. The van der Waals surface area contributed by atoms with E-state index in [4.69, 9.17) is 0 Å². The largest absolute Gasteiger partial charge is 0.314 e. The summed E-state index contributed by atoms with van der Waals surface area (Å²) in [5, 5.41) is 4.66. The summed E-state index contributed by atoms with van der Waals surface area (Å²) >= 11 is 0. The van der Waals surface area contributed by atoms with Crippen LogP contribution in [-0.4, -0.2) is 29.5 Å². The Morgan fingerprint density at radius 1 is 0.900 bits per heavy atom. The number of benzene rings is 3. The van der Waals surface area contributed by atoms with Crippen LogP contribution in [0, 0.1) is 5.82 Å². The number of pyridine rings is 1. The molecule has 5 rings (SSSR count). The first-order valence-electron chi connectivity index (χ1n) is 10.4. The van der Waals surface area contributed by atoms with E-state index in [9.17, 15) is 4.39 Å². The Balaban J connectivity index is 1.51. The molecule has 1 fully saturated rings. The van der Waals surface area contributed by atoms with E-state index in [1.807, 2.05) is 24.4 Å². The van der Waals surface area contributed by atoms with Crippen molar-refractivity contribution in [2.24, 2.45) is 0 Å². The van der Waals surface area contributed by atoms with E-state index in [1.54, 1.807) is 12.1 Å². The molecular weight excluding hydrogens is 373 g/mol. The lowest BCUT2D eigenvalue weighted by atomic mass is 9.95. The molecule has 0 aliphatic carbocycles. The molecule has 1 saturated heterocycles. The second-order valence-corrected chi connectivity index (χ2v) is 7.77. The molecule has 0 spiro atoms. The fourth-order valence-corrected chi connectivity index (χ4v) is 4.43. The fourth-order valence-electron chi connectivity index (χ4n) is 4.43. The number of piperazine rings is 1. The highest BCUT2D eigenvalue weighted by atomic mass is 19.1. The summed E-state index contributed by atoms with van der Waals surface area (Å²) in [6.07, 6.45) is 1.84. The minimum Gasteiger partial charge on any atom is -0.314 e. The molecule has 1 N–H and O–H groups in total. The third-order valence-corrected chi connectivity index (χ3v) is 5.94. The molecule has 2 heterocycles. The number of halogens is 1. The van der Waals surface area contributed by atoms with Crippen molar-refractivity contribution >= 4 is 10.9 Å². The second kappa shape index (κ2) is 8.34. The quantitative estimate of drug-likeness (QED) is 0.514. The number of aromatic nitrogens is 1. The van der Waals surface area contributed by atoms with Gasteiger partial charge in [0.05, 0.1) is 5.52 Å². The second-order valence-electron chi connectivity index (χ2n) is 7.77. The molecule has 0 amide bonds. The van der Waals surface area contributed by atoms with Crippen LogP contribution in [0.1, 0.15) is 17.2 Å². The molecule has 30 heavy (non-hydrogen) atoms. The van der Waals surface area contributed by atoms with Crippen LogP contribution >= 0.6 is 0 Å². The van der Waals surface area contributed by atoms with Gasteiger partial charge in [0, 0.05) is 43.8 Å². The number of fused-ring (bicyclic) bond motifs is 1. The lowest BCUT2D eigenvalue weighted by Crippen LogP contribution is -2.45. The Kier molecular flexibility index (Phi) is 5.26. The van der Waals surface area contributed by atoms with Crippen molar-refractivity contribution in [3.63, 3.8) is 0 Å². The first-order chi connectivity index (χ1) is 14.8. The van der Waals surface area contributed by atoms with Gasteiger partial charge in [0.25, 0.3) is 0 Å². The van der Waals surface area contributed by atoms with Crippen molar-refractivity contribution in [1.29, 1.82) is 0 Å². The smallest absolute Gasteiger partial charge is 0.123 e. The standard InChI is InChI=1S/C26H24FN3/c27-21-12-10-19(11-13-21)26-17-28-15-16-30(26)18-20-5-1-2-6-22(20)23-7-3-9-25-24(23)8-4-14-29-25/h1-14,26,28H,15-18H2/t26-/m0/s1. The van der Waals surface area contributed by atoms with Gasteiger partial charge in [0.15, 0.2) is 0 Å². The predicted molar refractivity (Wildman–Crippen MR) is 120 cm³/mol. The van der Waals surface area contributed by atoms with Crippen LogP contribution < -0.4 is 5.32 Å². The van der Waals surface area contributed by atoms with Crippen molar-refractivity contribution in [2.45, 2.75) is 12.6 Å². The number of nitrogens with one attached hydrogen (secondary N) is 1. The Bertz CT molecular complexity index is 1150. The maximum Gasteiger partial charge on any atom is 0.123 e. The monoisotopic (exact) mass is 397 g/mol. The molecule has 1 aliphatic rings. The highest BCUT2D eigenvalue weighted by Gasteiger charge is 2.24. The van der Waals surface area contributed by atoms with Gasteiger partial charge in [-0.2, -0.15) is 0 Å². The van der Waals surface area contributed by atoms with Gasteiger partial charge in [-0.3, -0.25) is 9.88 Å². The van der Waals surface area contributed by atoms with E-state index < -0.39 is 0 Å². The zero-order valence-electron chi connectivity index (χ0n) is 16.8. The Labute approximate surface area is 176 Å². The van der Waals surface area contributed by atoms with E-state index >= 15 is 0 Å². The van der Waals surface area contributed by atoms with E-state index in [2.05, 4.69) is 63.7 Å². The van der Waals surface area contributed by atoms with Gasteiger partial charge in [0.1, 0.15) is 5.82 Å². The average Bonchev–Trinajstić information content (AvgIpc) is 2.80. The minimum absolute atomic E-state index is 0.191. The maximum absolute atomic E-state index is 13.4. The van der Waals surface area contributed by atoms with Gasteiger partial charge in [-0.15, -0.1) is 0 Å². The molecule has 3 nitrogen and oxygen atoms in total. The molecule has 4 aromatic rings. The predicted octanol–water partition coefficient (Wildman–Crippen LogP) is 5.19. The van der Waals surface area contributed by atoms with Gasteiger partial charge < -0.3 is 5.32 Å². The molecule has 3 aromatic carbocycles. The first-order valence-corrected chi connectivity index (χ1v) is 10.4. The average molecular weight is 397 g/mol. The van der Waals surface area contributed by atoms with E-state index in [0.29, 0.717) is 0 Å². The van der Waals surface area contributed by atoms with Crippen molar-refractivity contribution in [3.8, 4) is 11.1 Å². The first kappa shape index (κ1) is 18.9. The summed E-state index contributed by atoms with van der Waals surface area (Å²) in [6.45, 7) is 3.62. The molecule has 0 unspecified atom stereocenters. The zero-order chi connectivity index (χ0) is 20.3. The molecule has 1 atom stereocenters. The van der Waals surface area contributed by atoms with Crippen LogP contribution in [0.15, 0.2) is 85.1 Å². The highest BCUT2D eigenvalue weighted by Crippen LogP contribution is 2.32. The van der Waals surface area contributed by atoms with Crippen molar-refractivity contribution in [1.82, 2.24) is 15.2 Å². The Morgan fingerprint density at radius 3 is 2.63 bits per heavy atom. The number of hydrogen-bond donors (Lipinski definition) is 1. The fraction of sp³-hybridized carbons (Fsp3) is 0.192. The van der Waals surface area contributed by atoms with Gasteiger partial charge in [-0.05, 0) is 46.5 Å². The van der Waals surface area contributed by atoms with Crippen LogP contribution in [0.3, 0.4) is 0 Å². The summed E-state index contributed by atoms with van der Waals surface area (Å²) in [5.41, 5.74) is 5.91. The summed E-state index contributed by atoms with van der Waals surface area (Å²) in [4.78, 5) is 7.01. The van der Waals surface area contributed by atoms with Crippen LogP contribution in [-0.2, 0) is 6.54 Å². The summed E-state index contributed by atoms with van der Waals surface area (Å²) in [6, 6.07) is 26.2. The lowest BCUT2D eigenvalue weighted by Gasteiger charge is -2.37. The molecule has 1 aromatic heterocycles. The number of nitrogens with zero attached hydrogens (tertiary/aromatic N) is 2. The van der Waals surface area contributed by atoms with Gasteiger partial charge in [-0.25, -0.2) is 4.39 Å².